The maximum atomic E-state index is 12.5. The van der Waals surface area contributed by atoms with Crippen molar-refractivity contribution in [2.24, 2.45) is 0 Å². The summed E-state index contributed by atoms with van der Waals surface area (Å²) in [6, 6.07) is 14.2. The van der Waals surface area contributed by atoms with E-state index in [2.05, 4.69) is 26.4 Å². The van der Waals surface area contributed by atoms with Crippen LogP contribution in [-0.2, 0) is 31.0 Å². The normalized spacial score (nSPS) is 15.0. The SMILES string of the molecule is CC(C)(CNc1ccc(S(=O)(=O)NCc2ccccc2)cn1)NCC(=O)N1CCC[C@H]1C#N.O=C(O)/C=C/C(=O)O. The summed E-state index contributed by atoms with van der Waals surface area (Å²) in [5.41, 5.74) is 0.440. The van der Waals surface area contributed by atoms with Crippen LogP contribution in [0.5, 0.6) is 0 Å². The van der Waals surface area contributed by atoms with E-state index in [0.717, 1.165) is 18.4 Å². The van der Waals surface area contributed by atoms with Gasteiger partial charge in [-0.2, -0.15) is 5.26 Å². The second-order valence-corrected chi connectivity index (χ2v) is 11.4. The van der Waals surface area contributed by atoms with E-state index in [0.29, 0.717) is 31.1 Å². The van der Waals surface area contributed by atoms with Crippen LogP contribution in [0, 0.1) is 11.3 Å². The zero-order valence-electron chi connectivity index (χ0n) is 22.8. The average molecular weight is 587 g/mol. The molecule has 1 aromatic carbocycles. The van der Waals surface area contributed by atoms with E-state index in [1.807, 2.05) is 44.2 Å². The number of likely N-dealkylation sites (tertiary alicyclic amines) is 1. The van der Waals surface area contributed by atoms with Gasteiger partial charge in [0.05, 0.1) is 12.6 Å². The number of carbonyl (C=O) groups excluding carboxylic acids is 1. The highest BCUT2D eigenvalue weighted by molar-refractivity contribution is 7.89. The van der Waals surface area contributed by atoms with Crippen LogP contribution >= 0.6 is 0 Å². The monoisotopic (exact) mass is 586 g/mol. The number of pyridine rings is 1. The van der Waals surface area contributed by atoms with Crippen LogP contribution in [0.3, 0.4) is 0 Å². The van der Waals surface area contributed by atoms with Crippen molar-refractivity contribution < 1.29 is 33.0 Å². The maximum absolute atomic E-state index is 12.5. The lowest BCUT2D eigenvalue weighted by Crippen LogP contribution is -2.50. The first-order chi connectivity index (χ1) is 19.3. The number of nitrogens with zero attached hydrogens (tertiary/aromatic N) is 3. The van der Waals surface area contributed by atoms with Crippen molar-refractivity contribution in [2.75, 3.05) is 25.0 Å². The molecule has 2 aromatic rings. The number of carboxylic acids is 2. The fourth-order valence-electron chi connectivity index (χ4n) is 3.63. The van der Waals surface area contributed by atoms with Gasteiger partial charge in [0.15, 0.2) is 0 Å². The predicted molar refractivity (Wildman–Crippen MR) is 150 cm³/mol. The Morgan fingerprint density at radius 2 is 1.78 bits per heavy atom. The highest BCUT2D eigenvalue weighted by Crippen LogP contribution is 2.17. The van der Waals surface area contributed by atoms with Gasteiger partial charge in [0, 0.05) is 43.5 Å². The molecule has 0 saturated carbocycles. The number of hydrogen-bond acceptors (Lipinski definition) is 9. The van der Waals surface area contributed by atoms with E-state index in [1.54, 1.807) is 11.0 Å². The van der Waals surface area contributed by atoms with Crippen LogP contribution in [0.15, 0.2) is 65.7 Å². The van der Waals surface area contributed by atoms with Crippen molar-refractivity contribution in [1.29, 1.82) is 5.26 Å². The van der Waals surface area contributed by atoms with Gasteiger partial charge >= 0.3 is 11.9 Å². The number of aromatic nitrogens is 1. The van der Waals surface area contributed by atoms with E-state index in [9.17, 15) is 22.8 Å². The van der Waals surface area contributed by atoms with Crippen LogP contribution in [0.2, 0.25) is 0 Å². The van der Waals surface area contributed by atoms with Gasteiger partial charge in [-0.05, 0) is 44.4 Å². The summed E-state index contributed by atoms with van der Waals surface area (Å²) in [5, 5.41) is 31.2. The van der Waals surface area contributed by atoms with Crippen LogP contribution in [0.4, 0.5) is 5.82 Å². The van der Waals surface area contributed by atoms with Crippen molar-refractivity contribution in [3.05, 3.63) is 66.4 Å². The second kappa shape index (κ2) is 15.5. The Kier molecular flexibility index (Phi) is 12.4. The molecular formula is C27H34N6O7S. The topological polar surface area (TPSA) is 202 Å². The Morgan fingerprint density at radius 1 is 1.12 bits per heavy atom. The highest BCUT2D eigenvalue weighted by atomic mass is 32.2. The fraction of sp³-hybridized carbons (Fsp3) is 0.370. The van der Waals surface area contributed by atoms with Gasteiger partial charge in [-0.1, -0.05) is 30.3 Å². The third-order valence-corrected chi connectivity index (χ3v) is 7.26. The summed E-state index contributed by atoms with van der Waals surface area (Å²) in [7, 11) is -3.67. The lowest BCUT2D eigenvalue weighted by molar-refractivity contribution is -0.134. The van der Waals surface area contributed by atoms with E-state index < -0.39 is 27.5 Å². The maximum Gasteiger partial charge on any atom is 0.328 e. The highest BCUT2D eigenvalue weighted by Gasteiger charge is 2.29. The molecule has 1 atom stereocenters. The quantitative estimate of drug-likeness (QED) is 0.226. The van der Waals surface area contributed by atoms with Crippen LogP contribution in [0.1, 0.15) is 32.3 Å². The first-order valence-corrected chi connectivity index (χ1v) is 14.1. The summed E-state index contributed by atoms with van der Waals surface area (Å²) >= 11 is 0. The molecule has 1 aliphatic rings. The number of anilines is 1. The molecule has 0 bridgehead atoms. The number of sulfonamides is 1. The van der Waals surface area contributed by atoms with Crippen molar-refractivity contribution in [1.82, 2.24) is 19.9 Å². The number of hydrogen-bond donors (Lipinski definition) is 5. The minimum Gasteiger partial charge on any atom is -0.478 e. The summed E-state index contributed by atoms with van der Waals surface area (Å²) in [5.74, 6) is -2.06. The molecule has 13 nitrogen and oxygen atoms in total. The van der Waals surface area contributed by atoms with Gasteiger partial charge in [-0.25, -0.2) is 27.7 Å². The molecule has 5 N–H and O–H groups in total. The molecule has 1 amide bonds. The van der Waals surface area contributed by atoms with Gasteiger partial charge < -0.3 is 25.7 Å². The molecule has 1 aromatic heterocycles. The lowest BCUT2D eigenvalue weighted by atomic mass is 10.1. The molecule has 14 heteroatoms. The molecule has 0 radical (unpaired) electrons. The third kappa shape index (κ3) is 11.8. The zero-order valence-corrected chi connectivity index (χ0v) is 23.6. The molecule has 41 heavy (non-hydrogen) atoms. The largest absolute Gasteiger partial charge is 0.478 e. The molecular weight excluding hydrogens is 552 g/mol. The number of aliphatic carboxylic acids is 2. The number of nitrogens with one attached hydrogen (secondary N) is 3. The van der Waals surface area contributed by atoms with Crippen LogP contribution in [-0.4, -0.2) is 77.6 Å². The molecule has 1 aliphatic heterocycles. The van der Waals surface area contributed by atoms with Crippen molar-refractivity contribution in [3.8, 4) is 6.07 Å². The first kappa shape index (κ1) is 32.9. The molecule has 1 saturated heterocycles. The number of carboxylic acid groups (broad SMARTS) is 2. The number of amides is 1. The predicted octanol–water partition coefficient (Wildman–Crippen LogP) is 1.57. The van der Waals surface area contributed by atoms with Crippen LogP contribution in [0.25, 0.3) is 0 Å². The standard InChI is InChI=1S/C23H30N6O3S.C4H4O4/c1-23(2,27-16-22(30)29-12-6-9-19(29)13-24)17-26-21-11-10-20(15-25-21)33(31,32)28-14-18-7-4-3-5-8-18;5-3(6)1-2-4(7)8/h3-5,7-8,10-11,15,19,27-28H,6,9,12,14,16-17H2,1-2H3,(H,25,26);1-2H,(H,5,6)(H,7,8)/b;2-1+/t19-;/m0./s1. The Bertz CT molecular complexity index is 1340. The number of rotatable bonds is 12. The fourth-order valence-corrected chi connectivity index (χ4v) is 4.60. The zero-order chi connectivity index (χ0) is 30.5. The summed E-state index contributed by atoms with van der Waals surface area (Å²) in [6.07, 6.45) is 4.01. The summed E-state index contributed by atoms with van der Waals surface area (Å²) in [6.45, 7) is 5.33. The first-order valence-electron chi connectivity index (χ1n) is 12.6. The Balaban J connectivity index is 0.000000642. The molecule has 0 spiro atoms. The van der Waals surface area contributed by atoms with E-state index in [4.69, 9.17) is 15.5 Å². The van der Waals surface area contributed by atoms with E-state index in [1.165, 1.54) is 12.3 Å². The van der Waals surface area contributed by atoms with Crippen LogP contribution < -0.4 is 15.4 Å². The van der Waals surface area contributed by atoms with Crippen molar-refractivity contribution in [3.63, 3.8) is 0 Å². The minimum absolute atomic E-state index is 0.0807. The molecule has 0 aliphatic carbocycles. The molecule has 0 unspecified atom stereocenters. The van der Waals surface area contributed by atoms with Crippen molar-refractivity contribution in [2.45, 2.75) is 49.7 Å². The number of benzene rings is 1. The van der Waals surface area contributed by atoms with Gasteiger partial charge in [0.1, 0.15) is 16.8 Å². The summed E-state index contributed by atoms with van der Waals surface area (Å²) < 4.78 is 27.6. The smallest absolute Gasteiger partial charge is 0.328 e. The van der Waals surface area contributed by atoms with E-state index in [-0.39, 0.29) is 29.9 Å². The van der Waals surface area contributed by atoms with Gasteiger partial charge in [-0.3, -0.25) is 4.79 Å². The second-order valence-electron chi connectivity index (χ2n) is 9.66. The average Bonchev–Trinajstić information content (AvgIpc) is 3.43. The molecule has 1 fully saturated rings. The third-order valence-electron chi connectivity index (χ3n) is 5.88. The Morgan fingerprint density at radius 3 is 2.34 bits per heavy atom. The molecule has 2 heterocycles. The van der Waals surface area contributed by atoms with Crippen molar-refractivity contribution >= 4 is 33.7 Å². The molecule has 3 rings (SSSR count). The van der Waals surface area contributed by atoms with Gasteiger partial charge in [0.2, 0.25) is 15.9 Å². The number of carbonyl (C=O) groups is 3. The van der Waals surface area contributed by atoms with Gasteiger partial charge in [-0.15, -0.1) is 0 Å². The van der Waals surface area contributed by atoms with E-state index >= 15 is 0 Å². The van der Waals surface area contributed by atoms with Gasteiger partial charge in [0.25, 0.3) is 0 Å². The lowest BCUT2D eigenvalue weighted by Gasteiger charge is -2.28. The molecule has 220 valence electrons. The minimum atomic E-state index is -3.67. The Hall–Kier alpha value is -4.32. The summed E-state index contributed by atoms with van der Waals surface area (Å²) in [4.78, 5) is 37.5. The number of nitriles is 1. The Labute approximate surface area is 238 Å².